The quantitative estimate of drug-likeness (QED) is 0.677. The zero-order valence-corrected chi connectivity index (χ0v) is 12.2. The average molecular weight is 282 g/mol. The second kappa shape index (κ2) is 7.24. The van der Waals surface area contributed by atoms with Crippen LogP contribution in [-0.2, 0) is 4.79 Å². The molecule has 0 radical (unpaired) electrons. The molecule has 0 bridgehead atoms. The Morgan fingerprint density at radius 3 is 2.43 bits per heavy atom. The number of carbonyl (C=O) groups is 1. The number of ether oxygens (including phenoxy) is 1. The van der Waals surface area contributed by atoms with E-state index in [0.29, 0.717) is 0 Å². The van der Waals surface area contributed by atoms with Gasteiger partial charge in [0.1, 0.15) is 5.75 Å². The van der Waals surface area contributed by atoms with Crippen LogP contribution < -0.4 is 10.2 Å². The third-order valence-corrected chi connectivity index (χ3v) is 2.96. The number of para-hydroxylation sites is 1. The number of amides is 1. The molecule has 2 aromatic carbocycles. The summed E-state index contributed by atoms with van der Waals surface area (Å²) in [5.74, 6) is 0.463. The standard InChI is InChI=1S/C17H18N2O2/c1-13-7-6-8-14(2)17(13)21-12-16(20)19-18-11-15-9-4-3-5-10-15/h3-11H,12H2,1-2H3,(H,19,20). The van der Waals surface area contributed by atoms with Crippen molar-refractivity contribution >= 4 is 12.1 Å². The summed E-state index contributed by atoms with van der Waals surface area (Å²) in [5, 5.41) is 3.89. The van der Waals surface area contributed by atoms with Crippen molar-refractivity contribution in [2.45, 2.75) is 13.8 Å². The molecule has 0 aliphatic heterocycles. The second-order valence-electron chi connectivity index (χ2n) is 4.71. The molecule has 0 atom stereocenters. The van der Waals surface area contributed by atoms with Gasteiger partial charge in [0.2, 0.25) is 0 Å². The molecule has 2 aromatic rings. The Morgan fingerprint density at radius 1 is 1.10 bits per heavy atom. The summed E-state index contributed by atoms with van der Waals surface area (Å²) in [6.07, 6.45) is 1.59. The molecule has 0 saturated heterocycles. The number of benzene rings is 2. The monoisotopic (exact) mass is 282 g/mol. The number of aryl methyl sites for hydroxylation is 2. The third kappa shape index (κ3) is 4.45. The van der Waals surface area contributed by atoms with Crippen LogP contribution in [0.1, 0.15) is 16.7 Å². The van der Waals surface area contributed by atoms with Gasteiger partial charge in [-0.1, -0.05) is 48.5 Å². The average Bonchev–Trinajstić information content (AvgIpc) is 2.48. The molecule has 0 aromatic heterocycles. The molecule has 1 amide bonds. The molecule has 2 rings (SSSR count). The Labute approximate surface area is 124 Å². The van der Waals surface area contributed by atoms with E-state index in [1.807, 2.05) is 62.4 Å². The Kier molecular flexibility index (Phi) is 5.10. The zero-order chi connectivity index (χ0) is 15.1. The molecule has 21 heavy (non-hydrogen) atoms. The van der Waals surface area contributed by atoms with Gasteiger partial charge >= 0.3 is 0 Å². The zero-order valence-electron chi connectivity index (χ0n) is 12.2. The predicted octanol–water partition coefficient (Wildman–Crippen LogP) is 2.83. The highest BCUT2D eigenvalue weighted by atomic mass is 16.5. The molecular formula is C17H18N2O2. The minimum absolute atomic E-state index is 0.0577. The SMILES string of the molecule is Cc1cccc(C)c1OCC(=O)NN=Cc1ccccc1. The van der Waals surface area contributed by atoms with Crippen LogP contribution in [0.5, 0.6) is 5.75 Å². The van der Waals surface area contributed by atoms with Gasteiger partial charge in [0.15, 0.2) is 6.61 Å². The fraction of sp³-hybridized carbons (Fsp3) is 0.176. The summed E-state index contributed by atoms with van der Waals surface area (Å²) in [5.41, 5.74) is 5.39. The van der Waals surface area contributed by atoms with Crippen LogP contribution in [0.2, 0.25) is 0 Å². The van der Waals surface area contributed by atoms with E-state index >= 15 is 0 Å². The first kappa shape index (κ1) is 14.8. The molecular weight excluding hydrogens is 264 g/mol. The first-order chi connectivity index (χ1) is 10.2. The van der Waals surface area contributed by atoms with Gasteiger partial charge in [-0.25, -0.2) is 5.43 Å². The van der Waals surface area contributed by atoms with E-state index < -0.39 is 0 Å². The molecule has 4 nitrogen and oxygen atoms in total. The van der Waals surface area contributed by atoms with Crippen LogP contribution in [0.3, 0.4) is 0 Å². The third-order valence-electron chi connectivity index (χ3n) is 2.96. The van der Waals surface area contributed by atoms with Crippen molar-refractivity contribution in [3.05, 3.63) is 65.2 Å². The fourth-order valence-electron chi connectivity index (χ4n) is 1.91. The van der Waals surface area contributed by atoms with Gasteiger partial charge < -0.3 is 4.74 Å². The van der Waals surface area contributed by atoms with Gasteiger partial charge in [-0.2, -0.15) is 5.10 Å². The van der Waals surface area contributed by atoms with Crippen LogP contribution in [0.4, 0.5) is 0 Å². The Balaban J connectivity index is 1.84. The van der Waals surface area contributed by atoms with Gasteiger partial charge in [-0.05, 0) is 30.5 Å². The number of nitrogens with zero attached hydrogens (tertiary/aromatic N) is 1. The molecule has 0 saturated carbocycles. The van der Waals surface area contributed by atoms with Crippen LogP contribution >= 0.6 is 0 Å². The van der Waals surface area contributed by atoms with E-state index in [1.54, 1.807) is 6.21 Å². The summed E-state index contributed by atoms with van der Waals surface area (Å²) in [7, 11) is 0. The van der Waals surface area contributed by atoms with Crippen LogP contribution in [0, 0.1) is 13.8 Å². The van der Waals surface area contributed by atoms with Crippen molar-refractivity contribution in [2.24, 2.45) is 5.10 Å². The maximum atomic E-state index is 11.7. The molecule has 0 fully saturated rings. The molecule has 4 heteroatoms. The topological polar surface area (TPSA) is 50.7 Å². The maximum Gasteiger partial charge on any atom is 0.277 e. The van der Waals surface area contributed by atoms with E-state index in [0.717, 1.165) is 22.4 Å². The summed E-state index contributed by atoms with van der Waals surface area (Å²) in [6, 6.07) is 15.4. The highest BCUT2D eigenvalue weighted by Gasteiger charge is 2.06. The maximum absolute atomic E-state index is 11.7. The highest BCUT2D eigenvalue weighted by Crippen LogP contribution is 2.21. The number of rotatable bonds is 5. The largest absolute Gasteiger partial charge is 0.483 e. The van der Waals surface area contributed by atoms with E-state index in [-0.39, 0.29) is 12.5 Å². The summed E-state index contributed by atoms with van der Waals surface area (Å²) in [4.78, 5) is 11.7. The smallest absolute Gasteiger partial charge is 0.277 e. The first-order valence-electron chi connectivity index (χ1n) is 6.73. The summed E-state index contributed by atoms with van der Waals surface area (Å²) in [6.45, 7) is 3.85. The molecule has 0 aliphatic rings. The number of nitrogens with one attached hydrogen (secondary N) is 1. The number of hydrazone groups is 1. The lowest BCUT2D eigenvalue weighted by atomic mass is 10.1. The van der Waals surface area contributed by atoms with Gasteiger partial charge in [0, 0.05) is 0 Å². The van der Waals surface area contributed by atoms with Crippen LogP contribution in [-0.4, -0.2) is 18.7 Å². The molecule has 0 unspecified atom stereocenters. The van der Waals surface area contributed by atoms with Crippen molar-refractivity contribution in [3.63, 3.8) is 0 Å². The van der Waals surface area contributed by atoms with E-state index in [2.05, 4.69) is 10.5 Å². The van der Waals surface area contributed by atoms with E-state index in [9.17, 15) is 4.79 Å². The summed E-state index contributed by atoms with van der Waals surface area (Å²) < 4.78 is 5.55. The minimum atomic E-state index is -0.287. The minimum Gasteiger partial charge on any atom is -0.483 e. The number of hydrogen-bond donors (Lipinski definition) is 1. The van der Waals surface area contributed by atoms with Crippen molar-refractivity contribution in [1.82, 2.24) is 5.43 Å². The molecule has 0 heterocycles. The Bertz CT molecular complexity index is 616. The lowest BCUT2D eigenvalue weighted by Gasteiger charge is -2.10. The van der Waals surface area contributed by atoms with Gasteiger partial charge in [0.25, 0.3) is 5.91 Å². The van der Waals surface area contributed by atoms with Gasteiger partial charge in [0.05, 0.1) is 6.21 Å². The van der Waals surface area contributed by atoms with Crippen molar-refractivity contribution in [3.8, 4) is 5.75 Å². The fourth-order valence-corrected chi connectivity index (χ4v) is 1.91. The molecule has 0 spiro atoms. The first-order valence-corrected chi connectivity index (χ1v) is 6.73. The Morgan fingerprint density at radius 2 is 1.76 bits per heavy atom. The Hall–Kier alpha value is -2.62. The second-order valence-corrected chi connectivity index (χ2v) is 4.71. The lowest BCUT2D eigenvalue weighted by molar-refractivity contribution is -0.123. The van der Waals surface area contributed by atoms with E-state index in [4.69, 9.17) is 4.74 Å². The van der Waals surface area contributed by atoms with Crippen LogP contribution in [0.25, 0.3) is 0 Å². The molecule has 108 valence electrons. The van der Waals surface area contributed by atoms with E-state index in [1.165, 1.54) is 0 Å². The summed E-state index contributed by atoms with van der Waals surface area (Å²) >= 11 is 0. The predicted molar refractivity (Wildman–Crippen MR) is 83.6 cm³/mol. The highest BCUT2D eigenvalue weighted by molar-refractivity contribution is 5.82. The normalized spacial score (nSPS) is 10.6. The lowest BCUT2D eigenvalue weighted by Crippen LogP contribution is -2.25. The van der Waals surface area contributed by atoms with Crippen molar-refractivity contribution < 1.29 is 9.53 Å². The van der Waals surface area contributed by atoms with Gasteiger partial charge in [-0.15, -0.1) is 0 Å². The van der Waals surface area contributed by atoms with Gasteiger partial charge in [-0.3, -0.25) is 4.79 Å². The van der Waals surface area contributed by atoms with Crippen molar-refractivity contribution in [1.29, 1.82) is 0 Å². The van der Waals surface area contributed by atoms with Crippen LogP contribution in [0.15, 0.2) is 53.6 Å². The molecule has 0 aliphatic carbocycles. The number of hydrogen-bond acceptors (Lipinski definition) is 3. The number of carbonyl (C=O) groups excluding carboxylic acids is 1. The van der Waals surface area contributed by atoms with Crippen molar-refractivity contribution in [2.75, 3.05) is 6.61 Å². The molecule has 1 N–H and O–H groups in total.